The maximum Gasteiger partial charge on any atom is 0.419 e. The maximum atomic E-state index is 12.9. The molecule has 1 aliphatic carbocycles. The molecule has 1 fully saturated rings. The van der Waals surface area contributed by atoms with Crippen LogP contribution in [0.3, 0.4) is 0 Å². The van der Waals surface area contributed by atoms with Crippen LogP contribution in [0.4, 0.5) is 13.2 Å². The molecule has 2 rings (SSSR count). The van der Waals surface area contributed by atoms with Gasteiger partial charge in [0.1, 0.15) is 11.9 Å². The Labute approximate surface area is 117 Å². The normalized spacial score (nSPS) is 26.3. The molecule has 1 aliphatic rings. The highest BCUT2D eigenvalue weighted by Crippen LogP contribution is 2.40. The average molecular weight is 287 g/mol. The molecule has 20 heavy (non-hydrogen) atoms. The van der Waals surface area contributed by atoms with Crippen LogP contribution in [0.25, 0.3) is 0 Å². The average Bonchev–Trinajstić information content (AvgIpc) is 2.33. The van der Waals surface area contributed by atoms with E-state index < -0.39 is 11.7 Å². The molecule has 0 aliphatic heterocycles. The quantitative estimate of drug-likeness (QED) is 0.892. The maximum absolute atomic E-state index is 12.9. The van der Waals surface area contributed by atoms with Crippen LogP contribution in [0, 0.1) is 5.41 Å². The number of para-hydroxylation sites is 1. The van der Waals surface area contributed by atoms with Crippen LogP contribution in [-0.4, -0.2) is 12.1 Å². The summed E-state index contributed by atoms with van der Waals surface area (Å²) in [5, 5.41) is 0. The zero-order valence-corrected chi connectivity index (χ0v) is 11.7. The third-order valence-electron chi connectivity index (χ3n) is 3.86. The van der Waals surface area contributed by atoms with Crippen LogP contribution in [0.15, 0.2) is 24.3 Å². The van der Waals surface area contributed by atoms with Crippen LogP contribution in [0.1, 0.15) is 38.7 Å². The number of halogens is 3. The number of alkyl halides is 3. The Bertz CT molecular complexity index is 470. The van der Waals surface area contributed by atoms with Crippen molar-refractivity contribution in [3.8, 4) is 5.75 Å². The van der Waals surface area contributed by atoms with Crippen molar-refractivity contribution in [2.24, 2.45) is 11.1 Å². The van der Waals surface area contributed by atoms with Gasteiger partial charge >= 0.3 is 6.18 Å². The Morgan fingerprint density at radius 1 is 1.25 bits per heavy atom. The summed E-state index contributed by atoms with van der Waals surface area (Å²) in [6.45, 7) is 4.18. The van der Waals surface area contributed by atoms with E-state index >= 15 is 0 Å². The van der Waals surface area contributed by atoms with Gasteiger partial charge in [-0.3, -0.25) is 0 Å². The molecule has 0 saturated heterocycles. The third-order valence-corrected chi connectivity index (χ3v) is 3.86. The summed E-state index contributed by atoms with van der Waals surface area (Å²) in [6, 6.07) is 5.08. The molecule has 2 atom stereocenters. The molecular formula is C15H20F3NO. The summed E-state index contributed by atoms with van der Waals surface area (Å²) in [5.74, 6) is -0.127. The summed E-state index contributed by atoms with van der Waals surface area (Å²) in [7, 11) is 0. The minimum Gasteiger partial charge on any atom is -0.488 e. The molecule has 1 aromatic rings. The fraction of sp³-hybridized carbons (Fsp3) is 0.600. The summed E-state index contributed by atoms with van der Waals surface area (Å²) in [5.41, 5.74) is 5.31. The molecule has 1 aromatic carbocycles. The highest BCUT2D eigenvalue weighted by molar-refractivity contribution is 5.35. The van der Waals surface area contributed by atoms with Crippen LogP contribution < -0.4 is 10.5 Å². The van der Waals surface area contributed by atoms with Gasteiger partial charge < -0.3 is 10.5 Å². The first-order valence-corrected chi connectivity index (χ1v) is 6.77. The second kappa shape index (κ2) is 5.28. The predicted molar refractivity (Wildman–Crippen MR) is 71.5 cm³/mol. The van der Waals surface area contributed by atoms with Crippen molar-refractivity contribution in [1.29, 1.82) is 0 Å². The van der Waals surface area contributed by atoms with Gasteiger partial charge in [0, 0.05) is 6.04 Å². The van der Waals surface area contributed by atoms with Crippen molar-refractivity contribution >= 4 is 0 Å². The lowest BCUT2D eigenvalue weighted by Gasteiger charge is -2.39. The molecule has 0 heterocycles. The second-order valence-electron chi connectivity index (χ2n) is 6.22. The molecule has 5 heteroatoms. The summed E-state index contributed by atoms with van der Waals surface area (Å²) < 4.78 is 44.4. The van der Waals surface area contributed by atoms with E-state index in [1.165, 1.54) is 12.1 Å². The van der Waals surface area contributed by atoms with E-state index in [2.05, 4.69) is 13.8 Å². The first kappa shape index (κ1) is 15.2. The zero-order valence-electron chi connectivity index (χ0n) is 11.7. The van der Waals surface area contributed by atoms with E-state index in [0.29, 0.717) is 6.42 Å². The van der Waals surface area contributed by atoms with Gasteiger partial charge in [0.15, 0.2) is 0 Å². The molecule has 112 valence electrons. The van der Waals surface area contributed by atoms with Gasteiger partial charge in [0.05, 0.1) is 5.56 Å². The SMILES string of the molecule is CC1(C)CCC(N)C(Oc2ccccc2C(F)(F)F)C1. The number of rotatable bonds is 2. The number of hydrogen-bond acceptors (Lipinski definition) is 2. The third kappa shape index (κ3) is 3.45. The van der Waals surface area contributed by atoms with Crippen LogP contribution in [0.5, 0.6) is 5.75 Å². The lowest BCUT2D eigenvalue weighted by Crippen LogP contribution is -2.46. The minimum atomic E-state index is -4.41. The molecule has 0 amide bonds. The lowest BCUT2D eigenvalue weighted by molar-refractivity contribution is -0.139. The predicted octanol–water partition coefficient (Wildman–Crippen LogP) is 3.99. The van der Waals surface area contributed by atoms with E-state index in [4.69, 9.17) is 10.5 Å². The Morgan fingerprint density at radius 2 is 1.90 bits per heavy atom. The summed E-state index contributed by atoms with van der Waals surface area (Å²) in [4.78, 5) is 0. The van der Waals surface area contributed by atoms with Crippen LogP contribution >= 0.6 is 0 Å². The Hall–Kier alpha value is -1.23. The topological polar surface area (TPSA) is 35.2 Å². The molecule has 0 radical (unpaired) electrons. The van der Waals surface area contributed by atoms with Gasteiger partial charge in [-0.25, -0.2) is 0 Å². The standard InChI is InChI=1S/C15H20F3NO/c1-14(2)8-7-11(19)13(9-14)20-12-6-4-3-5-10(12)15(16,17)18/h3-6,11,13H,7-9,19H2,1-2H3. The Morgan fingerprint density at radius 3 is 2.55 bits per heavy atom. The van der Waals surface area contributed by atoms with Crippen molar-refractivity contribution in [3.05, 3.63) is 29.8 Å². The van der Waals surface area contributed by atoms with E-state index in [9.17, 15) is 13.2 Å². The van der Waals surface area contributed by atoms with Gasteiger partial charge in [-0.15, -0.1) is 0 Å². The summed E-state index contributed by atoms with van der Waals surface area (Å²) in [6.07, 6.45) is -2.38. The lowest BCUT2D eigenvalue weighted by atomic mass is 9.74. The molecule has 0 spiro atoms. The van der Waals surface area contributed by atoms with Crippen molar-refractivity contribution < 1.29 is 17.9 Å². The van der Waals surface area contributed by atoms with Crippen molar-refractivity contribution in [3.63, 3.8) is 0 Å². The first-order valence-electron chi connectivity index (χ1n) is 6.77. The van der Waals surface area contributed by atoms with Crippen LogP contribution in [-0.2, 0) is 6.18 Å². The van der Waals surface area contributed by atoms with E-state index in [1.54, 1.807) is 6.07 Å². The summed E-state index contributed by atoms with van der Waals surface area (Å²) >= 11 is 0. The van der Waals surface area contributed by atoms with Gasteiger partial charge in [-0.05, 0) is 36.8 Å². The van der Waals surface area contributed by atoms with Crippen molar-refractivity contribution in [2.45, 2.75) is 51.4 Å². The second-order valence-corrected chi connectivity index (χ2v) is 6.22. The molecule has 2 nitrogen and oxygen atoms in total. The number of ether oxygens (including phenoxy) is 1. The molecular weight excluding hydrogens is 267 g/mol. The number of hydrogen-bond donors (Lipinski definition) is 1. The molecule has 0 bridgehead atoms. The number of benzene rings is 1. The van der Waals surface area contributed by atoms with Crippen molar-refractivity contribution in [2.75, 3.05) is 0 Å². The van der Waals surface area contributed by atoms with Gasteiger partial charge in [-0.2, -0.15) is 13.2 Å². The fourth-order valence-electron chi connectivity index (χ4n) is 2.64. The highest BCUT2D eigenvalue weighted by atomic mass is 19.4. The first-order chi connectivity index (χ1) is 9.19. The van der Waals surface area contributed by atoms with Gasteiger partial charge in [0.2, 0.25) is 0 Å². The van der Waals surface area contributed by atoms with E-state index in [0.717, 1.165) is 18.9 Å². The van der Waals surface area contributed by atoms with Gasteiger partial charge in [-0.1, -0.05) is 26.0 Å². The molecule has 0 aromatic heterocycles. The molecule has 1 saturated carbocycles. The largest absolute Gasteiger partial charge is 0.488 e. The number of nitrogens with two attached hydrogens (primary N) is 1. The molecule has 2 unspecified atom stereocenters. The minimum absolute atomic E-state index is 0.0493. The van der Waals surface area contributed by atoms with Crippen molar-refractivity contribution in [1.82, 2.24) is 0 Å². The van der Waals surface area contributed by atoms with E-state index in [1.807, 2.05) is 0 Å². The fourth-order valence-corrected chi connectivity index (χ4v) is 2.64. The monoisotopic (exact) mass is 287 g/mol. The smallest absolute Gasteiger partial charge is 0.419 e. The highest BCUT2D eigenvalue weighted by Gasteiger charge is 2.38. The molecule has 2 N–H and O–H groups in total. The van der Waals surface area contributed by atoms with Crippen LogP contribution in [0.2, 0.25) is 0 Å². The Kier molecular flexibility index (Phi) is 4.00. The zero-order chi connectivity index (χ0) is 15.0. The Balaban J connectivity index is 2.21. The van der Waals surface area contributed by atoms with Gasteiger partial charge in [0.25, 0.3) is 0 Å². The van der Waals surface area contributed by atoms with E-state index in [-0.39, 0.29) is 23.3 Å².